The molecule has 9 nitrogen and oxygen atoms in total. The zero-order valence-corrected chi connectivity index (χ0v) is 20.7. The van der Waals surface area contributed by atoms with Gasteiger partial charge in [-0.2, -0.15) is 0 Å². The van der Waals surface area contributed by atoms with Gasteiger partial charge in [-0.3, -0.25) is 18.9 Å². The van der Waals surface area contributed by atoms with E-state index in [1.165, 1.54) is 16.7 Å². The van der Waals surface area contributed by atoms with Crippen molar-refractivity contribution in [2.45, 2.75) is 38.8 Å². The fourth-order valence-electron chi connectivity index (χ4n) is 4.49. The molecule has 0 radical (unpaired) electrons. The zero-order chi connectivity index (χ0) is 25.9. The summed E-state index contributed by atoms with van der Waals surface area (Å²) in [5.41, 5.74) is 1.94. The second kappa shape index (κ2) is 10.3. The Kier molecular flexibility index (Phi) is 6.80. The van der Waals surface area contributed by atoms with Crippen LogP contribution in [0.1, 0.15) is 43.2 Å². The average molecular weight is 502 g/mol. The summed E-state index contributed by atoms with van der Waals surface area (Å²) in [4.78, 5) is 40.9. The second-order valence-electron chi connectivity index (χ2n) is 9.30. The Bertz CT molecular complexity index is 1440. The third-order valence-corrected chi connectivity index (χ3v) is 6.47. The molecule has 37 heavy (non-hydrogen) atoms. The maximum Gasteiger partial charge on any atom is 0.333 e. The lowest BCUT2D eigenvalue weighted by Crippen LogP contribution is -2.42. The summed E-state index contributed by atoms with van der Waals surface area (Å²) in [6.45, 7) is 5.07. The predicted molar refractivity (Wildman–Crippen MR) is 138 cm³/mol. The number of benzene rings is 1. The van der Waals surface area contributed by atoms with E-state index >= 15 is 0 Å². The Labute approximate surface area is 213 Å². The highest BCUT2D eigenvalue weighted by Crippen LogP contribution is 2.23. The van der Waals surface area contributed by atoms with Crippen LogP contribution < -0.4 is 11.0 Å². The summed E-state index contributed by atoms with van der Waals surface area (Å²) in [5.74, 6) is 0.0103. The van der Waals surface area contributed by atoms with Gasteiger partial charge in [-0.1, -0.05) is 6.07 Å². The molecule has 0 aliphatic carbocycles. The molecule has 190 valence electrons. The number of aromatic nitrogens is 5. The van der Waals surface area contributed by atoms with Crippen LogP contribution in [-0.2, 0) is 0 Å². The van der Waals surface area contributed by atoms with Gasteiger partial charge in [-0.15, -0.1) is 0 Å². The number of imidazole rings is 1. The minimum Gasteiger partial charge on any atom is -0.351 e. The molecule has 3 aromatic heterocycles. The van der Waals surface area contributed by atoms with E-state index in [0.29, 0.717) is 41.8 Å². The van der Waals surface area contributed by atoms with Crippen LogP contribution in [0.4, 0.5) is 10.3 Å². The van der Waals surface area contributed by atoms with Gasteiger partial charge in [0.25, 0.3) is 5.91 Å². The van der Waals surface area contributed by atoms with Gasteiger partial charge >= 0.3 is 5.69 Å². The van der Waals surface area contributed by atoms with Gasteiger partial charge in [0.15, 0.2) is 0 Å². The lowest BCUT2D eigenvalue weighted by Gasteiger charge is -2.32. The Morgan fingerprint density at radius 2 is 1.78 bits per heavy atom. The van der Waals surface area contributed by atoms with E-state index in [-0.39, 0.29) is 29.5 Å². The van der Waals surface area contributed by atoms with Gasteiger partial charge in [0.1, 0.15) is 11.5 Å². The first-order valence-corrected chi connectivity index (χ1v) is 12.3. The van der Waals surface area contributed by atoms with E-state index in [4.69, 9.17) is 4.98 Å². The highest BCUT2D eigenvalue weighted by molar-refractivity contribution is 5.92. The van der Waals surface area contributed by atoms with Crippen LogP contribution in [0.25, 0.3) is 17.1 Å². The molecule has 1 aromatic carbocycles. The quantitative estimate of drug-likeness (QED) is 0.430. The Morgan fingerprint density at radius 1 is 1.03 bits per heavy atom. The molecule has 4 heterocycles. The molecule has 0 saturated carbocycles. The van der Waals surface area contributed by atoms with Gasteiger partial charge in [0.05, 0.1) is 17.1 Å². The van der Waals surface area contributed by atoms with Gasteiger partial charge in [0, 0.05) is 43.8 Å². The Morgan fingerprint density at radius 3 is 2.46 bits per heavy atom. The van der Waals surface area contributed by atoms with Crippen molar-refractivity contribution in [2.75, 3.05) is 18.4 Å². The first-order chi connectivity index (χ1) is 17.9. The number of amides is 1. The van der Waals surface area contributed by atoms with Crippen molar-refractivity contribution in [1.29, 1.82) is 0 Å². The van der Waals surface area contributed by atoms with Crippen molar-refractivity contribution in [2.24, 2.45) is 0 Å². The van der Waals surface area contributed by atoms with Crippen molar-refractivity contribution < 1.29 is 9.18 Å². The summed E-state index contributed by atoms with van der Waals surface area (Å²) in [7, 11) is 0. The fraction of sp³-hybridized carbons (Fsp3) is 0.296. The van der Waals surface area contributed by atoms with Crippen LogP contribution in [0.5, 0.6) is 0 Å². The molecule has 1 aliphatic rings. The minimum absolute atomic E-state index is 0.0636. The number of carbonyl (C=O) groups is 1. The number of piperidine rings is 1. The van der Waals surface area contributed by atoms with E-state index in [2.05, 4.69) is 15.3 Å². The maximum absolute atomic E-state index is 13.5. The average Bonchev–Trinajstić information content (AvgIpc) is 3.27. The molecule has 5 rings (SSSR count). The SMILES string of the molecule is CC(C)n1cc(-c2ccnc(NC3CCN(C(=O)c4ccccn4)CC3)n2)n(-c2ccc(F)cc2)c1=O. The van der Waals surface area contributed by atoms with Crippen molar-refractivity contribution in [3.63, 3.8) is 0 Å². The minimum atomic E-state index is -0.372. The number of nitrogens with one attached hydrogen (secondary N) is 1. The molecular formula is C27H28FN7O2. The summed E-state index contributed by atoms with van der Waals surface area (Å²) >= 11 is 0. The van der Waals surface area contributed by atoms with E-state index in [9.17, 15) is 14.0 Å². The van der Waals surface area contributed by atoms with Gasteiger partial charge in [-0.05, 0) is 69.2 Å². The number of anilines is 1. The van der Waals surface area contributed by atoms with Crippen molar-refractivity contribution >= 4 is 11.9 Å². The second-order valence-corrected chi connectivity index (χ2v) is 9.30. The van der Waals surface area contributed by atoms with Crippen LogP contribution in [0.15, 0.2) is 71.9 Å². The van der Waals surface area contributed by atoms with E-state index in [0.717, 1.165) is 12.8 Å². The van der Waals surface area contributed by atoms with Crippen LogP contribution >= 0.6 is 0 Å². The maximum atomic E-state index is 13.5. The number of rotatable bonds is 6. The number of likely N-dealkylation sites (tertiary alicyclic amines) is 1. The highest BCUT2D eigenvalue weighted by atomic mass is 19.1. The predicted octanol–water partition coefficient (Wildman–Crippen LogP) is 3.93. The number of hydrogen-bond donors (Lipinski definition) is 1. The number of hydrogen-bond acceptors (Lipinski definition) is 6. The number of nitrogens with zero attached hydrogens (tertiary/aromatic N) is 6. The monoisotopic (exact) mass is 501 g/mol. The molecule has 0 bridgehead atoms. The molecule has 0 spiro atoms. The molecule has 10 heteroatoms. The van der Waals surface area contributed by atoms with Gasteiger partial charge < -0.3 is 10.2 Å². The van der Waals surface area contributed by atoms with Crippen molar-refractivity contribution in [1.82, 2.24) is 29.0 Å². The normalized spacial score (nSPS) is 14.2. The van der Waals surface area contributed by atoms with Crippen molar-refractivity contribution in [3.8, 4) is 17.1 Å². The number of pyridine rings is 1. The standard InChI is InChI=1S/C27H28FN7O2/c1-18(2)34-17-24(35(27(34)37)21-8-6-19(28)7-9-21)22-10-14-30-26(32-22)31-20-11-15-33(16-12-20)25(36)23-5-3-4-13-29-23/h3-10,13-14,17-18,20H,11-12,15-16H2,1-2H3,(H,30,31,32). The van der Waals surface area contributed by atoms with Crippen LogP contribution in [0.3, 0.4) is 0 Å². The summed E-state index contributed by atoms with van der Waals surface area (Å²) < 4.78 is 16.7. The topological polar surface area (TPSA) is 97.9 Å². The molecule has 1 saturated heterocycles. The first kappa shape index (κ1) is 24.4. The van der Waals surface area contributed by atoms with E-state index < -0.39 is 0 Å². The third kappa shape index (κ3) is 5.13. The largest absolute Gasteiger partial charge is 0.351 e. The van der Waals surface area contributed by atoms with E-state index in [1.807, 2.05) is 24.8 Å². The van der Waals surface area contributed by atoms with Crippen molar-refractivity contribution in [3.05, 3.63) is 89.1 Å². The first-order valence-electron chi connectivity index (χ1n) is 12.3. The summed E-state index contributed by atoms with van der Waals surface area (Å²) in [6.07, 6.45) is 6.53. The zero-order valence-electron chi connectivity index (χ0n) is 20.7. The number of carbonyl (C=O) groups excluding carboxylic acids is 1. The lowest BCUT2D eigenvalue weighted by atomic mass is 10.0. The molecular weight excluding hydrogens is 473 g/mol. The third-order valence-electron chi connectivity index (χ3n) is 6.47. The Balaban J connectivity index is 1.35. The van der Waals surface area contributed by atoms with Crippen LogP contribution in [-0.4, -0.2) is 54.0 Å². The molecule has 0 atom stereocenters. The van der Waals surface area contributed by atoms with Crippen LogP contribution in [0.2, 0.25) is 0 Å². The molecule has 1 fully saturated rings. The smallest absolute Gasteiger partial charge is 0.333 e. The summed E-state index contributed by atoms with van der Waals surface area (Å²) in [5, 5.41) is 3.38. The molecule has 1 N–H and O–H groups in total. The molecule has 1 aliphatic heterocycles. The van der Waals surface area contributed by atoms with Gasteiger partial charge in [0.2, 0.25) is 5.95 Å². The fourth-order valence-corrected chi connectivity index (χ4v) is 4.49. The highest BCUT2D eigenvalue weighted by Gasteiger charge is 2.25. The van der Waals surface area contributed by atoms with Crippen LogP contribution in [0, 0.1) is 5.82 Å². The lowest BCUT2D eigenvalue weighted by molar-refractivity contribution is 0.0712. The molecule has 4 aromatic rings. The molecule has 1 amide bonds. The number of halogens is 1. The summed E-state index contributed by atoms with van der Waals surface area (Å²) in [6, 6.07) is 12.9. The Hall–Kier alpha value is -4.34. The molecule has 0 unspecified atom stereocenters. The van der Waals surface area contributed by atoms with E-state index in [1.54, 1.807) is 53.5 Å². The van der Waals surface area contributed by atoms with Gasteiger partial charge in [-0.25, -0.2) is 19.2 Å².